The molecule has 0 fully saturated rings. The monoisotopic (exact) mass is 209 g/mol. The number of hydrogen-bond acceptors (Lipinski definition) is 3. The van der Waals surface area contributed by atoms with E-state index >= 15 is 0 Å². The van der Waals surface area contributed by atoms with E-state index in [0.29, 0.717) is 0 Å². The summed E-state index contributed by atoms with van der Waals surface area (Å²) in [5, 5.41) is 0. The molecule has 0 bridgehead atoms. The molecule has 4 heteroatoms. The Balaban J connectivity index is 2.76. The number of benzene rings is 1. The first-order valence-corrected chi connectivity index (χ1v) is 4.59. The highest BCUT2D eigenvalue weighted by molar-refractivity contribution is 5.95. The zero-order valence-corrected chi connectivity index (χ0v) is 9.14. The van der Waals surface area contributed by atoms with Crippen molar-refractivity contribution in [3.05, 3.63) is 30.3 Å². The molecule has 0 aliphatic rings. The Morgan fingerprint density at radius 2 is 1.73 bits per heavy atom. The summed E-state index contributed by atoms with van der Waals surface area (Å²) in [5.74, 6) is -0.230. The Morgan fingerprint density at radius 3 is 2.20 bits per heavy atom. The number of carbonyl (C=O) groups is 1. The van der Waals surface area contributed by atoms with E-state index in [0.717, 1.165) is 5.69 Å². The Bertz CT molecular complexity index is 309. The molecule has 0 atom stereocenters. The summed E-state index contributed by atoms with van der Waals surface area (Å²) in [4.78, 5) is 13.3. The van der Waals surface area contributed by atoms with E-state index in [1.807, 2.05) is 30.3 Å². The van der Waals surface area contributed by atoms with Crippen LogP contribution in [-0.2, 0) is 14.3 Å². The van der Waals surface area contributed by atoms with Crippen LogP contribution in [0.2, 0.25) is 0 Å². The smallest absolute Gasteiger partial charge is 0.283 e. The third-order valence-electron chi connectivity index (χ3n) is 2.10. The van der Waals surface area contributed by atoms with E-state index in [4.69, 9.17) is 9.47 Å². The second-order valence-corrected chi connectivity index (χ2v) is 3.04. The Labute approximate surface area is 89.4 Å². The summed E-state index contributed by atoms with van der Waals surface area (Å²) < 4.78 is 9.78. The van der Waals surface area contributed by atoms with Gasteiger partial charge in [0, 0.05) is 27.0 Å². The van der Waals surface area contributed by atoms with E-state index in [1.54, 1.807) is 7.05 Å². The molecule has 0 saturated heterocycles. The van der Waals surface area contributed by atoms with Gasteiger partial charge in [0.1, 0.15) is 0 Å². The molecule has 82 valence electrons. The van der Waals surface area contributed by atoms with Gasteiger partial charge in [0.25, 0.3) is 5.91 Å². The third kappa shape index (κ3) is 2.78. The lowest BCUT2D eigenvalue weighted by atomic mass is 10.3. The van der Waals surface area contributed by atoms with Gasteiger partial charge in [-0.25, -0.2) is 0 Å². The molecule has 0 radical (unpaired) electrons. The molecule has 0 heterocycles. The van der Waals surface area contributed by atoms with Crippen LogP contribution in [0.25, 0.3) is 0 Å². The number of anilines is 1. The van der Waals surface area contributed by atoms with Crippen LogP contribution in [0.5, 0.6) is 0 Å². The summed E-state index contributed by atoms with van der Waals surface area (Å²) >= 11 is 0. The van der Waals surface area contributed by atoms with Crippen molar-refractivity contribution in [3.8, 4) is 0 Å². The predicted octanol–water partition coefficient (Wildman–Crippen LogP) is 1.27. The maximum atomic E-state index is 11.8. The van der Waals surface area contributed by atoms with Gasteiger partial charge in [0.15, 0.2) is 0 Å². The highest BCUT2D eigenvalue weighted by atomic mass is 16.7. The molecule has 1 aromatic carbocycles. The number of methoxy groups -OCH3 is 2. The molecule has 1 aromatic rings. The molecular weight excluding hydrogens is 194 g/mol. The number of likely N-dealkylation sites (N-methyl/N-ethyl adjacent to an activating group) is 1. The molecule has 0 aromatic heterocycles. The zero-order valence-electron chi connectivity index (χ0n) is 9.14. The minimum Gasteiger partial charge on any atom is -0.348 e. The average Bonchev–Trinajstić information content (AvgIpc) is 2.30. The second-order valence-electron chi connectivity index (χ2n) is 3.04. The molecule has 4 nitrogen and oxygen atoms in total. The molecule has 15 heavy (non-hydrogen) atoms. The third-order valence-corrected chi connectivity index (χ3v) is 2.10. The van der Waals surface area contributed by atoms with Crippen LogP contribution in [0.4, 0.5) is 5.69 Å². The number of hydrogen-bond donors (Lipinski definition) is 0. The van der Waals surface area contributed by atoms with Gasteiger partial charge >= 0.3 is 0 Å². The molecule has 0 spiro atoms. The first kappa shape index (κ1) is 11.7. The summed E-state index contributed by atoms with van der Waals surface area (Å²) in [5.41, 5.74) is 0.807. The first-order chi connectivity index (χ1) is 7.20. The van der Waals surface area contributed by atoms with Crippen molar-refractivity contribution >= 4 is 11.6 Å². The average molecular weight is 209 g/mol. The van der Waals surface area contributed by atoms with Gasteiger partial charge in [-0.05, 0) is 12.1 Å². The molecule has 0 N–H and O–H groups in total. The molecule has 0 unspecified atom stereocenters. The summed E-state index contributed by atoms with van der Waals surface area (Å²) in [6, 6.07) is 9.33. The lowest BCUT2D eigenvalue weighted by molar-refractivity contribution is -0.155. The fraction of sp³-hybridized carbons (Fsp3) is 0.364. The number of rotatable bonds is 4. The summed E-state index contributed by atoms with van der Waals surface area (Å²) in [7, 11) is 4.55. The predicted molar refractivity (Wildman–Crippen MR) is 57.7 cm³/mol. The van der Waals surface area contributed by atoms with Gasteiger partial charge in [0.05, 0.1) is 0 Å². The van der Waals surface area contributed by atoms with Crippen LogP contribution in [0.15, 0.2) is 30.3 Å². The van der Waals surface area contributed by atoms with Crippen LogP contribution >= 0.6 is 0 Å². The lowest BCUT2D eigenvalue weighted by Crippen LogP contribution is -2.38. The van der Waals surface area contributed by atoms with E-state index in [2.05, 4.69) is 0 Å². The van der Waals surface area contributed by atoms with Crippen molar-refractivity contribution in [1.82, 2.24) is 0 Å². The van der Waals surface area contributed by atoms with Gasteiger partial charge in [-0.3, -0.25) is 4.79 Å². The number of nitrogens with zero attached hydrogens (tertiary/aromatic N) is 1. The fourth-order valence-electron chi connectivity index (χ4n) is 1.23. The molecule has 0 aliphatic heterocycles. The molecular formula is C11H15NO3. The quantitative estimate of drug-likeness (QED) is 0.701. The van der Waals surface area contributed by atoms with Crippen LogP contribution in [0.1, 0.15) is 0 Å². The van der Waals surface area contributed by atoms with E-state index < -0.39 is 6.29 Å². The Kier molecular flexibility index (Phi) is 4.27. The van der Waals surface area contributed by atoms with Gasteiger partial charge in [-0.15, -0.1) is 0 Å². The number of amides is 1. The molecule has 0 saturated carbocycles. The maximum absolute atomic E-state index is 11.8. The number of carbonyl (C=O) groups excluding carboxylic acids is 1. The van der Waals surface area contributed by atoms with E-state index in [1.165, 1.54) is 19.1 Å². The standard InChI is InChI=1S/C11H15NO3/c1-12(9-7-5-4-6-8-9)10(13)11(14-2)15-3/h4-8,11H,1-3H3. The van der Waals surface area contributed by atoms with Crippen LogP contribution in [0.3, 0.4) is 0 Å². The number of para-hydroxylation sites is 1. The number of ether oxygens (including phenoxy) is 2. The van der Waals surface area contributed by atoms with E-state index in [-0.39, 0.29) is 5.91 Å². The minimum atomic E-state index is -0.852. The zero-order chi connectivity index (χ0) is 11.3. The highest BCUT2D eigenvalue weighted by Crippen LogP contribution is 2.12. The van der Waals surface area contributed by atoms with Gasteiger partial charge in [-0.2, -0.15) is 0 Å². The van der Waals surface area contributed by atoms with Crippen LogP contribution in [-0.4, -0.2) is 33.5 Å². The van der Waals surface area contributed by atoms with Crippen molar-refractivity contribution in [1.29, 1.82) is 0 Å². The fourth-order valence-corrected chi connectivity index (χ4v) is 1.23. The minimum absolute atomic E-state index is 0.230. The first-order valence-electron chi connectivity index (χ1n) is 4.59. The largest absolute Gasteiger partial charge is 0.348 e. The van der Waals surface area contributed by atoms with Gasteiger partial charge in [0.2, 0.25) is 6.29 Å². The normalized spacial score (nSPS) is 10.4. The highest BCUT2D eigenvalue weighted by Gasteiger charge is 2.21. The van der Waals surface area contributed by atoms with Crippen molar-refractivity contribution in [3.63, 3.8) is 0 Å². The Morgan fingerprint density at radius 1 is 1.20 bits per heavy atom. The summed E-state index contributed by atoms with van der Waals surface area (Å²) in [6.07, 6.45) is -0.852. The lowest BCUT2D eigenvalue weighted by Gasteiger charge is -2.21. The molecule has 1 rings (SSSR count). The van der Waals surface area contributed by atoms with Crippen LogP contribution in [0, 0.1) is 0 Å². The Hall–Kier alpha value is -1.39. The van der Waals surface area contributed by atoms with Gasteiger partial charge < -0.3 is 14.4 Å². The second kappa shape index (κ2) is 5.48. The SMILES string of the molecule is COC(OC)C(=O)N(C)c1ccccc1. The van der Waals surface area contributed by atoms with Crippen molar-refractivity contribution in [2.75, 3.05) is 26.2 Å². The van der Waals surface area contributed by atoms with Gasteiger partial charge in [-0.1, -0.05) is 18.2 Å². The molecule has 0 aliphatic carbocycles. The van der Waals surface area contributed by atoms with Crippen molar-refractivity contribution in [2.45, 2.75) is 6.29 Å². The topological polar surface area (TPSA) is 38.8 Å². The van der Waals surface area contributed by atoms with Crippen molar-refractivity contribution < 1.29 is 14.3 Å². The van der Waals surface area contributed by atoms with E-state index in [9.17, 15) is 4.79 Å². The summed E-state index contributed by atoms with van der Waals surface area (Å²) in [6.45, 7) is 0. The van der Waals surface area contributed by atoms with Crippen molar-refractivity contribution in [2.24, 2.45) is 0 Å². The maximum Gasteiger partial charge on any atom is 0.283 e. The van der Waals surface area contributed by atoms with Crippen LogP contribution < -0.4 is 4.90 Å². The molecule has 1 amide bonds.